The number of carbonyl (C=O) groups excluding carboxylic acids is 1. The largest absolute Gasteiger partial charge is 0.478 e. The van der Waals surface area contributed by atoms with Crippen LogP contribution in [-0.4, -0.2) is 40.2 Å². The van der Waals surface area contributed by atoms with Crippen LogP contribution in [0.1, 0.15) is 21.6 Å². The van der Waals surface area contributed by atoms with E-state index >= 15 is 0 Å². The average Bonchev–Trinajstić information content (AvgIpc) is 2.43. The number of pyridine rings is 1. The number of carboxylic acid groups (broad SMARTS) is 1. The number of rotatable bonds is 3. The van der Waals surface area contributed by atoms with Gasteiger partial charge in [0.05, 0.1) is 12.1 Å². The minimum Gasteiger partial charge on any atom is -0.478 e. The van der Waals surface area contributed by atoms with Crippen LogP contribution in [-0.2, 0) is 17.7 Å². The van der Waals surface area contributed by atoms with Gasteiger partial charge in [-0.3, -0.25) is 4.98 Å². The Kier molecular flexibility index (Phi) is 3.79. The Bertz CT molecular complexity index is 527. The highest BCUT2D eigenvalue weighted by Gasteiger charge is 2.26. The molecule has 2 rings (SSSR count). The minimum absolute atomic E-state index is 0.140. The topological polar surface area (TPSA) is 79.7 Å². The quantitative estimate of drug-likeness (QED) is 0.834. The molecule has 1 aromatic heterocycles. The number of fused-ring (bicyclic) bond motifs is 1. The van der Waals surface area contributed by atoms with E-state index in [1.165, 1.54) is 23.2 Å². The van der Waals surface area contributed by atoms with Gasteiger partial charge in [0.1, 0.15) is 6.61 Å². The van der Waals surface area contributed by atoms with Gasteiger partial charge in [0.25, 0.3) is 0 Å². The molecule has 0 atom stereocenters. The SMILES string of the molecule is C=CCOC(=O)N1CCc2nccc(C(=O)O)c2C1. The monoisotopic (exact) mass is 262 g/mol. The highest BCUT2D eigenvalue weighted by molar-refractivity contribution is 5.89. The van der Waals surface area contributed by atoms with Gasteiger partial charge in [-0.15, -0.1) is 0 Å². The van der Waals surface area contributed by atoms with Gasteiger partial charge >= 0.3 is 12.1 Å². The predicted molar refractivity (Wildman–Crippen MR) is 66.9 cm³/mol. The van der Waals surface area contributed by atoms with Crippen LogP contribution in [0.2, 0.25) is 0 Å². The molecule has 1 aliphatic rings. The van der Waals surface area contributed by atoms with Gasteiger partial charge in [-0.2, -0.15) is 0 Å². The molecule has 0 radical (unpaired) electrons. The van der Waals surface area contributed by atoms with Crippen molar-refractivity contribution >= 4 is 12.1 Å². The van der Waals surface area contributed by atoms with Crippen molar-refractivity contribution in [2.75, 3.05) is 13.2 Å². The number of hydrogen-bond acceptors (Lipinski definition) is 4. The van der Waals surface area contributed by atoms with Crippen LogP contribution in [0.3, 0.4) is 0 Å². The summed E-state index contributed by atoms with van der Waals surface area (Å²) in [5, 5.41) is 9.13. The van der Waals surface area contributed by atoms with E-state index in [1.54, 1.807) is 0 Å². The number of ether oxygens (including phenoxy) is 1. The zero-order valence-corrected chi connectivity index (χ0v) is 10.3. The highest BCUT2D eigenvalue weighted by atomic mass is 16.6. The molecule has 1 amide bonds. The summed E-state index contributed by atoms with van der Waals surface area (Å²) in [6.07, 6.45) is 3.03. The second kappa shape index (κ2) is 5.51. The maximum Gasteiger partial charge on any atom is 0.410 e. The molecule has 100 valence electrons. The third-order valence-corrected chi connectivity index (χ3v) is 2.93. The van der Waals surface area contributed by atoms with Gasteiger partial charge in [-0.1, -0.05) is 12.7 Å². The Hall–Kier alpha value is -2.37. The fourth-order valence-electron chi connectivity index (χ4n) is 2.02. The Morgan fingerprint density at radius 3 is 3.05 bits per heavy atom. The van der Waals surface area contributed by atoms with Gasteiger partial charge in [0.15, 0.2) is 0 Å². The molecule has 1 aliphatic heterocycles. The predicted octanol–water partition coefficient (Wildman–Crippen LogP) is 1.46. The van der Waals surface area contributed by atoms with Crippen LogP contribution in [0.25, 0.3) is 0 Å². The summed E-state index contributed by atoms with van der Waals surface area (Å²) < 4.78 is 4.95. The van der Waals surface area contributed by atoms with Crippen LogP contribution in [0, 0.1) is 0 Å². The summed E-state index contributed by atoms with van der Waals surface area (Å²) in [6.45, 7) is 4.29. The summed E-state index contributed by atoms with van der Waals surface area (Å²) in [5.41, 5.74) is 1.50. The van der Waals surface area contributed by atoms with Crippen molar-refractivity contribution in [3.05, 3.63) is 41.7 Å². The third kappa shape index (κ3) is 2.73. The van der Waals surface area contributed by atoms with Crippen LogP contribution in [0.4, 0.5) is 4.79 Å². The molecule has 6 nitrogen and oxygen atoms in total. The molecule has 0 bridgehead atoms. The van der Waals surface area contributed by atoms with Crippen molar-refractivity contribution in [1.82, 2.24) is 9.88 Å². The first-order valence-corrected chi connectivity index (χ1v) is 5.86. The molecular formula is C13H14N2O4. The molecule has 0 fully saturated rings. The molecule has 0 unspecified atom stereocenters. The fraction of sp³-hybridized carbons (Fsp3) is 0.308. The maximum atomic E-state index is 11.7. The second-order valence-electron chi connectivity index (χ2n) is 4.13. The number of nitrogens with zero attached hydrogens (tertiary/aromatic N) is 2. The second-order valence-corrected chi connectivity index (χ2v) is 4.13. The lowest BCUT2D eigenvalue weighted by Gasteiger charge is -2.28. The first-order chi connectivity index (χ1) is 9.13. The van der Waals surface area contributed by atoms with Crippen molar-refractivity contribution in [2.45, 2.75) is 13.0 Å². The van der Waals surface area contributed by atoms with E-state index in [0.717, 1.165) is 5.69 Å². The molecule has 0 spiro atoms. The molecule has 2 heterocycles. The average molecular weight is 262 g/mol. The highest BCUT2D eigenvalue weighted by Crippen LogP contribution is 2.21. The van der Waals surface area contributed by atoms with Gasteiger partial charge in [-0.05, 0) is 6.07 Å². The van der Waals surface area contributed by atoms with Crippen LogP contribution >= 0.6 is 0 Å². The first-order valence-electron chi connectivity index (χ1n) is 5.86. The van der Waals surface area contributed by atoms with Crippen molar-refractivity contribution < 1.29 is 19.4 Å². The molecule has 0 aromatic carbocycles. The van der Waals surface area contributed by atoms with Gasteiger partial charge < -0.3 is 14.7 Å². The molecule has 1 N–H and O–H groups in total. The van der Waals surface area contributed by atoms with Crippen molar-refractivity contribution in [2.24, 2.45) is 0 Å². The molecule has 19 heavy (non-hydrogen) atoms. The van der Waals surface area contributed by atoms with E-state index in [-0.39, 0.29) is 18.7 Å². The van der Waals surface area contributed by atoms with Gasteiger partial charge in [0.2, 0.25) is 0 Å². The molecule has 0 aliphatic carbocycles. The fourth-order valence-corrected chi connectivity index (χ4v) is 2.02. The number of aromatic nitrogens is 1. The van der Waals surface area contributed by atoms with Crippen LogP contribution in [0.5, 0.6) is 0 Å². The standard InChI is InChI=1S/C13H14N2O4/c1-2-7-19-13(18)15-6-4-11-10(8-15)9(12(16)17)3-5-14-11/h2-3,5H,1,4,6-8H2,(H,16,17). The van der Waals surface area contributed by atoms with E-state index < -0.39 is 12.1 Å². The Balaban J connectivity index is 2.20. The lowest BCUT2D eigenvalue weighted by molar-refractivity contribution is 0.0690. The zero-order chi connectivity index (χ0) is 13.8. The van der Waals surface area contributed by atoms with Crippen molar-refractivity contribution in [3.8, 4) is 0 Å². The Labute approximate surface area is 110 Å². The number of amides is 1. The summed E-state index contributed by atoms with van der Waals surface area (Å²) in [7, 11) is 0. The van der Waals surface area contributed by atoms with Gasteiger partial charge in [-0.25, -0.2) is 9.59 Å². The number of carboxylic acids is 1. The van der Waals surface area contributed by atoms with E-state index in [9.17, 15) is 9.59 Å². The normalized spacial score (nSPS) is 13.6. The summed E-state index contributed by atoms with van der Waals surface area (Å²) in [5.74, 6) is -1.01. The number of aromatic carboxylic acids is 1. The van der Waals surface area contributed by atoms with E-state index in [0.29, 0.717) is 18.5 Å². The van der Waals surface area contributed by atoms with E-state index in [4.69, 9.17) is 9.84 Å². The first kappa shape index (κ1) is 13.1. The lowest BCUT2D eigenvalue weighted by atomic mass is 10.0. The maximum absolute atomic E-state index is 11.7. The molecule has 1 aromatic rings. The minimum atomic E-state index is -1.01. The van der Waals surface area contributed by atoms with E-state index in [1.807, 2.05) is 0 Å². The van der Waals surface area contributed by atoms with Crippen molar-refractivity contribution in [1.29, 1.82) is 0 Å². The molecule has 6 heteroatoms. The van der Waals surface area contributed by atoms with Gasteiger partial charge in [0, 0.05) is 30.4 Å². The molecule has 0 saturated carbocycles. The Morgan fingerprint density at radius 2 is 2.37 bits per heavy atom. The van der Waals surface area contributed by atoms with E-state index in [2.05, 4.69) is 11.6 Å². The summed E-state index contributed by atoms with van der Waals surface area (Å²) in [6, 6.07) is 1.44. The van der Waals surface area contributed by atoms with Crippen LogP contribution < -0.4 is 0 Å². The number of carbonyl (C=O) groups is 2. The van der Waals surface area contributed by atoms with Crippen molar-refractivity contribution in [3.63, 3.8) is 0 Å². The molecular weight excluding hydrogens is 248 g/mol. The number of hydrogen-bond donors (Lipinski definition) is 1. The lowest BCUT2D eigenvalue weighted by Crippen LogP contribution is -2.37. The zero-order valence-electron chi connectivity index (χ0n) is 10.3. The smallest absolute Gasteiger partial charge is 0.410 e. The summed E-state index contributed by atoms with van der Waals surface area (Å²) >= 11 is 0. The summed E-state index contributed by atoms with van der Waals surface area (Å²) in [4.78, 5) is 28.5. The Morgan fingerprint density at radius 1 is 1.58 bits per heavy atom. The third-order valence-electron chi connectivity index (χ3n) is 2.93. The van der Waals surface area contributed by atoms with Crippen LogP contribution in [0.15, 0.2) is 24.9 Å². The molecule has 0 saturated heterocycles.